The lowest BCUT2D eigenvalue weighted by Gasteiger charge is -2.10. The molecular formula is C5H10IN. The van der Waals surface area contributed by atoms with Crippen LogP contribution in [0.15, 0.2) is 0 Å². The zero-order chi connectivity index (χ0) is 5.33. The Labute approximate surface area is 58.0 Å². The topological polar surface area (TPSA) is 12.0 Å². The van der Waals surface area contributed by atoms with Gasteiger partial charge >= 0.3 is 0 Å². The Kier molecular flexibility index (Phi) is 1.58. The summed E-state index contributed by atoms with van der Waals surface area (Å²) < 4.78 is 0.553. The summed E-state index contributed by atoms with van der Waals surface area (Å²) in [6.07, 6.45) is 1.33. The molecule has 1 N–H and O–H groups in total. The molecule has 0 aromatic carbocycles. The molecule has 0 saturated carbocycles. The molecule has 1 saturated heterocycles. The molecule has 0 bridgehead atoms. The van der Waals surface area contributed by atoms with E-state index in [9.17, 15) is 0 Å². The molecule has 1 unspecified atom stereocenters. The molecule has 7 heavy (non-hydrogen) atoms. The second kappa shape index (κ2) is 1.90. The third kappa shape index (κ3) is 1.57. The maximum Gasteiger partial charge on any atom is 0.0330 e. The van der Waals surface area contributed by atoms with Crippen molar-refractivity contribution < 1.29 is 0 Å². The lowest BCUT2D eigenvalue weighted by Crippen LogP contribution is -2.18. The first-order chi connectivity index (χ1) is 3.21. The van der Waals surface area contributed by atoms with Crippen molar-refractivity contribution in [1.29, 1.82) is 0 Å². The smallest absolute Gasteiger partial charge is 0.0330 e. The van der Waals surface area contributed by atoms with Gasteiger partial charge in [-0.15, -0.1) is 0 Å². The van der Waals surface area contributed by atoms with Crippen molar-refractivity contribution in [1.82, 2.24) is 5.32 Å². The molecule has 0 aromatic rings. The Morgan fingerprint density at radius 2 is 2.43 bits per heavy atom. The minimum Gasteiger partial charge on any atom is -0.315 e. The van der Waals surface area contributed by atoms with Crippen LogP contribution in [-0.2, 0) is 0 Å². The molecule has 0 aromatic heterocycles. The quantitative estimate of drug-likeness (QED) is 0.468. The van der Waals surface area contributed by atoms with Crippen LogP contribution in [0.4, 0.5) is 0 Å². The highest BCUT2D eigenvalue weighted by molar-refractivity contribution is 14.1. The van der Waals surface area contributed by atoms with E-state index in [2.05, 4.69) is 34.8 Å². The molecule has 1 atom stereocenters. The van der Waals surface area contributed by atoms with Crippen LogP contribution >= 0.6 is 22.6 Å². The Hall–Kier alpha value is 0.690. The SMILES string of the molecule is CC1(I)CCNC1. The lowest BCUT2D eigenvalue weighted by molar-refractivity contribution is 0.748. The van der Waals surface area contributed by atoms with Crippen LogP contribution < -0.4 is 5.32 Å². The van der Waals surface area contributed by atoms with Crippen LogP contribution in [0, 0.1) is 0 Å². The highest BCUT2D eigenvalue weighted by atomic mass is 127. The minimum atomic E-state index is 0.553. The van der Waals surface area contributed by atoms with Crippen molar-refractivity contribution in [3.8, 4) is 0 Å². The molecule has 0 radical (unpaired) electrons. The van der Waals surface area contributed by atoms with E-state index in [0.717, 1.165) is 0 Å². The second-order valence-corrected chi connectivity index (χ2v) is 4.94. The first kappa shape index (κ1) is 5.82. The van der Waals surface area contributed by atoms with Gasteiger partial charge < -0.3 is 5.32 Å². The fourth-order valence-corrected chi connectivity index (χ4v) is 1.33. The van der Waals surface area contributed by atoms with Crippen LogP contribution in [0.1, 0.15) is 13.3 Å². The summed E-state index contributed by atoms with van der Waals surface area (Å²) in [6, 6.07) is 0. The molecule has 1 aliphatic rings. The van der Waals surface area contributed by atoms with Crippen molar-refractivity contribution in [2.75, 3.05) is 13.1 Å². The number of hydrogen-bond acceptors (Lipinski definition) is 1. The van der Waals surface area contributed by atoms with Crippen molar-refractivity contribution in [3.05, 3.63) is 0 Å². The Morgan fingerprint density at radius 3 is 2.57 bits per heavy atom. The summed E-state index contributed by atoms with van der Waals surface area (Å²) in [5.41, 5.74) is 0. The zero-order valence-corrected chi connectivity index (χ0v) is 6.66. The molecule has 1 fully saturated rings. The van der Waals surface area contributed by atoms with Crippen molar-refractivity contribution in [3.63, 3.8) is 0 Å². The van der Waals surface area contributed by atoms with Gasteiger partial charge in [0.2, 0.25) is 0 Å². The molecule has 0 amide bonds. The van der Waals surface area contributed by atoms with Gasteiger partial charge in [-0.3, -0.25) is 0 Å². The molecule has 0 spiro atoms. The van der Waals surface area contributed by atoms with E-state index in [1.165, 1.54) is 19.5 Å². The van der Waals surface area contributed by atoms with Gasteiger partial charge in [-0.1, -0.05) is 22.6 Å². The summed E-state index contributed by atoms with van der Waals surface area (Å²) in [6.45, 7) is 4.68. The first-order valence-electron chi connectivity index (χ1n) is 2.60. The maximum atomic E-state index is 3.30. The van der Waals surface area contributed by atoms with Gasteiger partial charge in [0.25, 0.3) is 0 Å². The van der Waals surface area contributed by atoms with E-state index < -0.39 is 0 Å². The highest BCUT2D eigenvalue weighted by Gasteiger charge is 2.23. The number of halogens is 1. The fraction of sp³-hybridized carbons (Fsp3) is 1.00. The minimum absolute atomic E-state index is 0.553. The summed E-state index contributed by atoms with van der Waals surface area (Å²) in [7, 11) is 0. The van der Waals surface area contributed by atoms with Gasteiger partial charge in [0.1, 0.15) is 0 Å². The predicted molar refractivity (Wildman–Crippen MR) is 39.9 cm³/mol. The molecule has 1 aliphatic heterocycles. The monoisotopic (exact) mass is 211 g/mol. The van der Waals surface area contributed by atoms with Crippen LogP contribution in [-0.4, -0.2) is 16.5 Å². The van der Waals surface area contributed by atoms with Crippen LogP contribution in [0.3, 0.4) is 0 Å². The van der Waals surface area contributed by atoms with E-state index in [-0.39, 0.29) is 0 Å². The average molecular weight is 211 g/mol. The fourth-order valence-electron chi connectivity index (χ4n) is 0.786. The largest absolute Gasteiger partial charge is 0.315 e. The van der Waals surface area contributed by atoms with Gasteiger partial charge in [0.05, 0.1) is 0 Å². The van der Waals surface area contributed by atoms with Crippen LogP contribution in [0.25, 0.3) is 0 Å². The number of hydrogen-bond donors (Lipinski definition) is 1. The first-order valence-corrected chi connectivity index (χ1v) is 3.68. The van der Waals surface area contributed by atoms with Gasteiger partial charge in [0, 0.05) is 9.97 Å². The van der Waals surface area contributed by atoms with Crippen molar-refractivity contribution in [2.24, 2.45) is 0 Å². The normalized spacial score (nSPS) is 42.0. The average Bonchev–Trinajstić information content (AvgIpc) is 1.84. The molecule has 1 heterocycles. The maximum absolute atomic E-state index is 3.30. The number of nitrogens with one attached hydrogen (secondary N) is 1. The number of alkyl halides is 1. The second-order valence-electron chi connectivity index (χ2n) is 2.34. The summed E-state index contributed by atoms with van der Waals surface area (Å²) in [4.78, 5) is 0. The molecule has 42 valence electrons. The standard InChI is InChI=1S/C5H10IN/c1-5(6)2-3-7-4-5/h7H,2-4H2,1H3. The van der Waals surface area contributed by atoms with E-state index in [4.69, 9.17) is 0 Å². The Balaban J connectivity index is 2.40. The van der Waals surface area contributed by atoms with Crippen molar-refractivity contribution >= 4 is 22.6 Å². The van der Waals surface area contributed by atoms with Crippen LogP contribution in [0.2, 0.25) is 0 Å². The summed E-state index contributed by atoms with van der Waals surface area (Å²) in [5, 5.41) is 3.30. The molecular weight excluding hydrogens is 201 g/mol. The zero-order valence-electron chi connectivity index (χ0n) is 4.50. The predicted octanol–water partition coefficient (Wildman–Crippen LogP) is 1.17. The number of rotatable bonds is 0. The molecule has 1 nitrogen and oxygen atoms in total. The van der Waals surface area contributed by atoms with Crippen molar-refractivity contribution in [2.45, 2.75) is 16.8 Å². The summed E-state index contributed by atoms with van der Waals surface area (Å²) >= 11 is 2.50. The molecule has 1 rings (SSSR count). The van der Waals surface area contributed by atoms with E-state index in [0.29, 0.717) is 3.42 Å². The Bertz CT molecular complexity index is 62.5. The van der Waals surface area contributed by atoms with E-state index in [1.807, 2.05) is 0 Å². The Morgan fingerprint density at radius 1 is 1.71 bits per heavy atom. The lowest BCUT2D eigenvalue weighted by atomic mass is 10.2. The van der Waals surface area contributed by atoms with E-state index in [1.54, 1.807) is 0 Å². The van der Waals surface area contributed by atoms with E-state index >= 15 is 0 Å². The van der Waals surface area contributed by atoms with Gasteiger partial charge in [-0.2, -0.15) is 0 Å². The van der Waals surface area contributed by atoms with Gasteiger partial charge in [-0.25, -0.2) is 0 Å². The molecule has 0 aliphatic carbocycles. The third-order valence-corrected chi connectivity index (χ3v) is 2.24. The molecule has 2 heteroatoms. The van der Waals surface area contributed by atoms with Crippen LogP contribution in [0.5, 0.6) is 0 Å². The van der Waals surface area contributed by atoms with Gasteiger partial charge in [-0.05, 0) is 19.9 Å². The highest BCUT2D eigenvalue weighted by Crippen LogP contribution is 2.24. The van der Waals surface area contributed by atoms with Gasteiger partial charge in [0.15, 0.2) is 0 Å². The third-order valence-electron chi connectivity index (χ3n) is 1.32. The summed E-state index contributed by atoms with van der Waals surface area (Å²) in [5.74, 6) is 0.